The molecule has 1 aromatic heterocycles. The molecule has 1 atom stereocenters. The van der Waals surface area contributed by atoms with Crippen LogP contribution in [0.1, 0.15) is 19.3 Å². The summed E-state index contributed by atoms with van der Waals surface area (Å²) < 4.78 is 5.07. The molecule has 88 valence electrons. The molecule has 0 saturated carbocycles. The highest BCUT2D eigenvalue weighted by atomic mass is 32.2. The molecular formula is C12H18N2OS. The van der Waals surface area contributed by atoms with Crippen LogP contribution in [-0.2, 0) is 0 Å². The molecule has 1 aliphatic heterocycles. The van der Waals surface area contributed by atoms with Crippen molar-refractivity contribution < 1.29 is 4.74 Å². The van der Waals surface area contributed by atoms with Gasteiger partial charge >= 0.3 is 0 Å². The Labute approximate surface area is 101 Å². The van der Waals surface area contributed by atoms with Gasteiger partial charge in [-0.05, 0) is 30.7 Å². The zero-order chi connectivity index (χ0) is 11.2. The van der Waals surface area contributed by atoms with Gasteiger partial charge in [0.15, 0.2) is 0 Å². The normalized spacial score (nSPS) is 20.4. The van der Waals surface area contributed by atoms with Crippen molar-refractivity contribution in [3.63, 3.8) is 0 Å². The summed E-state index contributed by atoms with van der Waals surface area (Å²) >= 11 is 2.08. The highest BCUT2D eigenvalue weighted by Crippen LogP contribution is 2.25. The number of nitrogens with zero attached hydrogens (tertiary/aromatic N) is 1. The first-order valence-corrected chi connectivity index (χ1v) is 6.79. The molecule has 0 amide bonds. The van der Waals surface area contributed by atoms with Crippen molar-refractivity contribution in [3.05, 3.63) is 18.3 Å². The van der Waals surface area contributed by atoms with Gasteiger partial charge in [0.05, 0.1) is 13.3 Å². The van der Waals surface area contributed by atoms with Gasteiger partial charge in [-0.2, -0.15) is 11.8 Å². The maximum Gasteiger partial charge on any atom is 0.137 e. The predicted octanol–water partition coefficient (Wildman–Crippen LogP) is 2.79. The molecule has 3 nitrogen and oxygen atoms in total. The summed E-state index contributed by atoms with van der Waals surface area (Å²) in [6.07, 6.45) is 5.82. The zero-order valence-electron chi connectivity index (χ0n) is 9.61. The number of rotatable bonds is 4. The van der Waals surface area contributed by atoms with E-state index in [2.05, 4.69) is 22.1 Å². The molecule has 4 heteroatoms. The average Bonchev–Trinajstić information content (AvgIpc) is 2.38. The Bertz CT molecular complexity index is 309. The maximum atomic E-state index is 5.07. The molecule has 2 rings (SSSR count). The third-order valence-electron chi connectivity index (χ3n) is 2.76. The van der Waals surface area contributed by atoms with E-state index < -0.39 is 0 Å². The van der Waals surface area contributed by atoms with Gasteiger partial charge in [-0.15, -0.1) is 0 Å². The van der Waals surface area contributed by atoms with E-state index >= 15 is 0 Å². The highest BCUT2D eigenvalue weighted by molar-refractivity contribution is 7.99. The van der Waals surface area contributed by atoms with Crippen LogP contribution >= 0.6 is 11.8 Å². The topological polar surface area (TPSA) is 34.1 Å². The molecule has 0 radical (unpaired) electrons. The van der Waals surface area contributed by atoms with E-state index in [1.807, 2.05) is 12.1 Å². The second-order valence-corrected chi connectivity index (χ2v) is 5.36. The third kappa shape index (κ3) is 3.30. The number of anilines is 1. The summed E-state index contributed by atoms with van der Waals surface area (Å²) in [4.78, 5) is 4.29. The van der Waals surface area contributed by atoms with Crippen molar-refractivity contribution in [2.24, 2.45) is 0 Å². The Morgan fingerprint density at radius 1 is 1.50 bits per heavy atom. The van der Waals surface area contributed by atoms with Crippen molar-refractivity contribution in [1.29, 1.82) is 0 Å². The van der Waals surface area contributed by atoms with Crippen molar-refractivity contribution in [2.45, 2.75) is 24.5 Å². The minimum atomic E-state index is 0.748. The van der Waals surface area contributed by atoms with Crippen LogP contribution in [0.3, 0.4) is 0 Å². The van der Waals surface area contributed by atoms with E-state index in [-0.39, 0.29) is 0 Å². The number of aromatic nitrogens is 1. The van der Waals surface area contributed by atoms with Crippen LogP contribution in [0.2, 0.25) is 0 Å². The van der Waals surface area contributed by atoms with Gasteiger partial charge in [0.1, 0.15) is 11.6 Å². The fourth-order valence-electron chi connectivity index (χ4n) is 1.79. The Hall–Kier alpha value is -0.900. The van der Waals surface area contributed by atoms with E-state index in [4.69, 9.17) is 4.74 Å². The molecule has 2 heterocycles. The summed E-state index contributed by atoms with van der Waals surface area (Å²) in [5, 5.41) is 4.13. The van der Waals surface area contributed by atoms with Crippen LogP contribution in [0.25, 0.3) is 0 Å². The monoisotopic (exact) mass is 238 g/mol. The van der Waals surface area contributed by atoms with Crippen LogP contribution < -0.4 is 10.1 Å². The van der Waals surface area contributed by atoms with Crippen molar-refractivity contribution in [3.8, 4) is 5.75 Å². The van der Waals surface area contributed by atoms with E-state index in [9.17, 15) is 0 Å². The lowest BCUT2D eigenvalue weighted by Gasteiger charge is -2.21. The Morgan fingerprint density at radius 2 is 2.44 bits per heavy atom. The molecule has 1 aliphatic rings. The largest absolute Gasteiger partial charge is 0.495 e. The van der Waals surface area contributed by atoms with Crippen molar-refractivity contribution >= 4 is 17.6 Å². The van der Waals surface area contributed by atoms with Crippen molar-refractivity contribution in [2.75, 3.05) is 24.7 Å². The zero-order valence-corrected chi connectivity index (χ0v) is 10.4. The second-order valence-electron chi connectivity index (χ2n) is 3.95. The number of nitrogens with one attached hydrogen (secondary N) is 1. The number of hydrogen-bond donors (Lipinski definition) is 1. The molecule has 1 saturated heterocycles. The first kappa shape index (κ1) is 11.6. The summed E-state index contributed by atoms with van der Waals surface area (Å²) in [5.41, 5.74) is 0. The van der Waals surface area contributed by atoms with E-state index in [0.717, 1.165) is 23.4 Å². The Balaban J connectivity index is 1.79. The minimum absolute atomic E-state index is 0.748. The maximum absolute atomic E-state index is 5.07. The fourth-order valence-corrected chi connectivity index (χ4v) is 3.03. The molecule has 0 aromatic carbocycles. The summed E-state index contributed by atoms with van der Waals surface area (Å²) in [5.74, 6) is 3.05. The van der Waals surface area contributed by atoms with E-state index in [1.165, 1.54) is 25.0 Å². The van der Waals surface area contributed by atoms with Crippen LogP contribution in [0, 0.1) is 0 Å². The summed E-state index contributed by atoms with van der Waals surface area (Å²) in [6.45, 7) is 1.02. The van der Waals surface area contributed by atoms with Crippen molar-refractivity contribution in [1.82, 2.24) is 4.98 Å². The molecular weight excluding hydrogens is 220 g/mol. The summed E-state index contributed by atoms with van der Waals surface area (Å²) in [6, 6.07) is 3.90. The quantitative estimate of drug-likeness (QED) is 0.874. The van der Waals surface area contributed by atoms with Gasteiger partial charge in [-0.3, -0.25) is 0 Å². The lowest BCUT2D eigenvalue weighted by Crippen LogP contribution is -2.20. The van der Waals surface area contributed by atoms with Crippen LogP contribution in [0.5, 0.6) is 5.75 Å². The van der Waals surface area contributed by atoms with E-state index in [0.29, 0.717) is 0 Å². The van der Waals surface area contributed by atoms with Gasteiger partial charge in [-0.25, -0.2) is 4.98 Å². The lowest BCUT2D eigenvalue weighted by molar-refractivity contribution is 0.413. The number of hydrogen-bond acceptors (Lipinski definition) is 4. The van der Waals surface area contributed by atoms with Crippen LogP contribution in [0.4, 0.5) is 5.82 Å². The minimum Gasteiger partial charge on any atom is -0.495 e. The molecule has 1 fully saturated rings. The molecule has 1 aromatic rings. The van der Waals surface area contributed by atoms with Crippen LogP contribution in [-0.4, -0.2) is 29.6 Å². The molecule has 0 aliphatic carbocycles. The standard InChI is InChI=1S/C12H18N2OS/c1-15-10-5-6-12(13-8-10)14-9-11-4-2-3-7-16-11/h5-6,8,11H,2-4,7,9H2,1H3,(H,13,14). The first-order chi connectivity index (χ1) is 7.88. The SMILES string of the molecule is COc1ccc(NCC2CCCCS2)nc1. The fraction of sp³-hybridized carbons (Fsp3) is 0.583. The number of pyridine rings is 1. The molecule has 1 unspecified atom stereocenters. The van der Waals surface area contributed by atoms with Gasteiger partial charge in [0, 0.05) is 11.8 Å². The van der Waals surface area contributed by atoms with E-state index in [1.54, 1.807) is 13.3 Å². The first-order valence-electron chi connectivity index (χ1n) is 5.74. The predicted molar refractivity (Wildman–Crippen MR) is 69.4 cm³/mol. The number of ether oxygens (including phenoxy) is 1. The average molecular weight is 238 g/mol. The van der Waals surface area contributed by atoms with Gasteiger partial charge in [-0.1, -0.05) is 6.42 Å². The van der Waals surface area contributed by atoms with Gasteiger partial charge in [0.2, 0.25) is 0 Å². The molecule has 16 heavy (non-hydrogen) atoms. The van der Waals surface area contributed by atoms with Crippen LogP contribution in [0.15, 0.2) is 18.3 Å². The van der Waals surface area contributed by atoms with Gasteiger partial charge < -0.3 is 10.1 Å². The molecule has 1 N–H and O–H groups in total. The molecule has 0 bridgehead atoms. The number of methoxy groups -OCH3 is 1. The Kier molecular flexibility index (Phi) is 4.34. The molecule has 0 spiro atoms. The lowest BCUT2D eigenvalue weighted by atomic mass is 10.2. The third-order valence-corrected chi connectivity index (χ3v) is 4.16. The summed E-state index contributed by atoms with van der Waals surface area (Å²) in [7, 11) is 1.66. The smallest absolute Gasteiger partial charge is 0.137 e. The van der Waals surface area contributed by atoms with Gasteiger partial charge in [0.25, 0.3) is 0 Å². The second kappa shape index (κ2) is 5.99. The highest BCUT2D eigenvalue weighted by Gasteiger charge is 2.13. The number of thioether (sulfide) groups is 1. The Morgan fingerprint density at radius 3 is 3.06 bits per heavy atom.